The Kier molecular flexibility index (Phi) is 5.74. The standard InChI is InChI=1S/C40H24N4O/c1-2-8-25(9-3-1)27-15-18-28(19-16-27)38-42-39(31-20-17-26-10-4-5-11-29(26)22-31)44-40(43-38)32-13-6-14-35-37(32)33-24-34-30(12-7-21-41-34)23-36(33)45-35/h1-24H. The first-order valence-electron chi connectivity index (χ1n) is 14.9. The lowest BCUT2D eigenvalue weighted by Crippen LogP contribution is -2.00. The molecule has 3 aromatic heterocycles. The molecule has 0 spiro atoms. The lowest BCUT2D eigenvalue weighted by Gasteiger charge is -2.10. The van der Waals surface area contributed by atoms with Crippen LogP contribution in [0.4, 0.5) is 0 Å². The molecule has 0 saturated carbocycles. The first-order chi connectivity index (χ1) is 22.3. The molecule has 0 fully saturated rings. The third-order valence-corrected chi connectivity index (χ3v) is 8.35. The molecule has 0 bridgehead atoms. The number of furan rings is 1. The second-order valence-electron chi connectivity index (χ2n) is 11.1. The molecule has 6 aromatic carbocycles. The molecule has 0 aliphatic carbocycles. The topological polar surface area (TPSA) is 64.7 Å². The van der Waals surface area contributed by atoms with Gasteiger partial charge in [-0.15, -0.1) is 0 Å². The summed E-state index contributed by atoms with van der Waals surface area (Å²) in [6.45, 7) is 0. The first-order valence-corrected chi connectivity index (χ1v) is 14.9. The fraction of sp³-hybridized carbons (Fsp3) is 0. The number of fused-ring (bicyclic) bond motifs is 5. The smallest absolute Gasteiger partial charge is 0.164 e. The van der Waals surface area contributed by atoms with E-state index in [1.807, 2.05) is 42.6 Å². The molecular formula is C40H24N4O. The van der Waals surface area contributed by atoms with Crippen LogP contribution >= 0.6 is 0 Å². The maximum atomic E-state index is 6.36. The highest BCUT2D eigenvalue weighted by Crippen LogP contribution is 2.38. The highest BCUT2D eigenvalue weighted by atomic mass is 16.3. The average molecular weight is 577 g/mol. The summed E-state index contributed by atoms with van der Waals surface area (Å²) in [7, 11) is 0. The van der Waals surface area contributed by atoms with Crippen LogP contribution in [-0.4, -0.2) is 19.9 Å². The Balaban J connectivity index is 1.26. The van der Waals surface area contributed by atoms with Crippen molar-refractivity contribution in [1.82, 2.24) is 19.9 Å². The van der Waals surface area contributed by atoms with Gasteiger partial charge in [-0.3, -0.25) is 4.98 Å². The van der Waals surface area contributed by atoms with Crippen LogP contribution in [-0.2, 0) is 0 Å². The molecule has 0 unspecified atom stereocenters. The summed E-state index contributed by atoms with van der Waals surface area (Å²) in [5, 5.41) is 5.27. The van der Waals surface area contributed by atoms with Gasteiger partial charge in [0, 0.05) is 39.0 Å². The normalized spacial score (nSPS) is 11.6. The summed E-state index contributed by atoms with van der Waals surface area (Å²) in [4.78, 5) is 19.8. The van der Waals surface area contributed by atoms with Crippen LogP contribution in [0.25, 0.3) is 88.9 Å². The molecule has 0 N–H and O–H groups in total. The molecule has 0 amide bonds. The minimum absolute atomic E-state index is 0.588. The van der Waals surface area contributed by atoms with E-state index in [0.29, 0.717) is 17.5 Å². The van der Waals surface area contributed by atoms with Crippen LogP contribution in [0.3, 0.4) is 0 Å². The Morgan fingerprint density at radius 2 is 1.11 bits per heavy atom. The van der Waals surface area contributed by atoms with Gasteiger partial charge in [-0.05, 0) is 52.2 Å². The van der Waals surface area contributed by atoms with Crippen molar-refractivity contribution < 1.29 is 4.42 Å². The monoisotopic (exact) mass is 576 g/mol. The maximum absolute atomic E-state index is 6.36. The molecule has 0 aliphatic rings. The lowest BCUT2D eigenvalue weighted by molar-refractivity contribution is 0.669. The van der Waals surface area contributed by atoms with Crippen molar-refractivity contribution in [1.29, 1.82) is 0 Å². The molecule has 0 atom stereocenters. The number of pyridine rings is 1. The van der Waals surface area contributed by atoms with Gasteiger partial charge < -0.3 is 4.42 Å². The first kappa shape index (κ1) is 25.3. The molecule has 0 saturated heterocycles. The van der Waals surface area contributed by atoms with Gasteiger partial charge >= 0.3 is 0 Å². The van der Waals surface area contributed by atoms with E-state index >= 15 is 0 Å². The zero-order valence-corrected chi connectivity index (χ0v) is 24.1. The van der Waals surface area contributed by atoms with Crippen molar-refractivity contribution in [3.8, 4) is 45.3 Å². The maximum Gasteiger partial charge on any atom is 0.164 e. The van der Waals surface area contributed by atoms with Crippen molar-refractivity contribution in [2.75, 3.05) is 0 Å². The second-order valence-corrected chi connectivity index (χ2v) is 11.1. The second kappa shape index (κ2) is 10.2. The summed E-state index contributed by atoms with van der Waals surface area (Å²) >= 11 is 0. The molecule has 5 nitrogen and oxygen atoms in total. The number of nitrogens with zero attached hydrogens (tertiary/aromatic N) is 4. The fourth-order valence-corrected chi connectivity index (χ4v) is 6.10. The summed E-state index contributed by atoms with van der Waals surface area (Å²) in [5.41, 5.74) is 7.52. The van der Waals surface area contributed by atoms with E-state index < -0.39 is 0 Å². The fourth-order valence-electron chi connectivity index (χ4n) is 6.10. The predicted octanol–water partition coefficient (Wildman–Crippen LogP) is 10.1. The van der Waals surface area contributed by atoms with Crippen molar-refractivity contribution in [2.45, 2.75) is 0 Å². The van der Waals surface area contributed by atoms with E-state index in [9.17, 15) is 0 Å². The summed E-state index contributed by atoms with van der Waals surface area (Å²) in [5.74, 6) is 1.81. The number of rotatable bonds is 4. The Morgan fingerprint density at radius 3 is 1.98 bits per heavy atom. The van der Waals surface area contributed by atoms with Crippen molar-refractivity contribution in [3.63, 3.8) is 0 Å². The minimum atomic E-state index is 0.588. The van der Waals surface area contributed by atoms with Gasteiger partial charge in [0.05, 0.1) is 5.52 Å². The summed E-state index contributed by atoms with van der Waals surface area (Å²) < 4.78 is 6.36. The zero-order valence-electron chi connectivity index (χ0n) is 24.1. The van der Waals surface area contributed by atoms with Gasteiger partial charge in [0.15, 0.2) is 17.5 Å². The molecule has 0 aliphatic heterocycles. The molecule has 45 heavy (non-hydrogen) atoms. The molecule has 5 heteroatoms. The van der Waals surface area contributed by atoms with E-state index in [4.69, 9.17) is 19.4 Å². The molecule has 9 aromatic rings. The van der Waals surface area contributed by atoms with E-state index in [1.54, 1.807) is 0 Å². The Morgan fingerprint density at radius 1 is 0.422 bits per heavy atom. The van der Waals surface area contributed by atoms with Gasteiger partial charge in [-0.25, -0.2) is 15.0 Å². The van der Waals surface area contributed by atoms with Crippen LogP contribution in [0.2, 0.25) is 0 Å². The molecule has 9 rings (SSSR count). The number of hydrogen-bond donors (Lipinski definition) is 0. The molecule has 3 heterocycles. The highest BCUT2D eigenvalue weighted by molar-refractivity contribution is 6.14. The number of benzene rings is 6. The Labute approximate surface area is 258 Å². The predicted molar refractivity (Wildman–Crippen MR) is 182 cm³/mol. The van der Waals surface area contributed by atoms with Crippen molar-refractivity contribution in [2.24, 2.45) is 0 Å². The van der Waals surface area contributed by atoms with Crippen LogP contribution < -0.4 is 0 Å². The summed E-state index contributed by atoms with van der Waals surface area (Å²) in [6, 6.07) is 47.6. The summed E-state index contributed by atoms with van der Waals surface area (Å²) in [6.07, 6.45) is 1.81. The average Bonchev–Trinajstić information content (AvgIpc) is 3.48. The van der Waals surface area contributed by atoms with Gasteiger partial charge in [0.1, 0.15) is 11.2 Å². The SMILES string of the molecule is c1ccc(-c2ccc(-c3nc(-c4ccc5ccccc5c4)nc(-c4cccc5oc6cc7cccnc7cc6c45)n3)cc2)cc1. The lowest BCUT2D eigenvalue weighted by atomic mass is 10.0. The van der Waals surface area contributed by atoms with E-state index in [1.165, 1.54) is 5.39 Å². The van der Waals surface area contributed by atoms with E-state index in [0.717, 1.165) is 66.0 Å². The van der Waals surface area contributed by atoms with Crippen LogP contribution in [0, 0.1) is 0 Å². The van der Waals surface area contributed by atoms with E-state index in [2.05, 4.69) is 108 Å². The van der Waals surface area contributed by atoms with Crippen LogP contribution in [0.1, 0.15) is 0 Å². The van der Waals surface area contributed by atoms with Gasteiger partial charge in [0.25, 0.3) is 0 Å². The highest BCUT2D eigenvalue weighted by Gasteiger charge is 2.18. The Hall–Kier alpha value is -6.20. The van der Waals surface area contributed by atoms with Gasteiger partial charge in [0.2, 0.25) is 0 Å². The molecule has 0 radical (unpaired) electrons. The van der Waals surface area contributed by atoms with Gasteiger partial charge in [-0.1, -0.05) is 109 Å². The third kappa shape index (κ3) is 4.41. The number of hydrogen-bond acceptors (Lipinski definition) is 5. The number of aromatic nitrogens is 4. The van der Waals surface area contributed by atoms with E-state index in [-0.39, 0.29) is 0 Å². The van der Waals surface area contributed by atoms with Crippen LogP contribution in [0.5, 0.6) is 0 Å². The quantitative estimate of drug-likeness (QED) is 0.209. The minimum Gasteiger partial charge on any atom is -0.456 e. The van der Waals surface area contributed by atoms with Gasteiger partial charge in [-0.2, -0.15) is 0 Å². The van der Waals surface area contributed by atoms with Crippen molar-refractivity contribution >= 4 is 43.6 Å². The Bertz CT molecular complexity index is 2540. The van der Waals surface area contributed by atoms with Crippen LogP contribution in [0.15, 0.2) is 150 Å². The molecular weight excluding hydrogens is 552 g/mol. The zero-order chi connectivity index (χ0) is 29.7. The molecule has 210 valence electrons. The third-order valence-electron chi connectivity index (χ3n) is 8.35. The van der Waals surface area contributed by atoms with Crippen molar-refractivity contribution in [3.05, 3.63) is 146 Å². The largest absolute Gasteiger partial charge is 0.456 e.